The molecule has 5 heteroatoms. The number of likely N-dealkylation sites (N-methyl/N-ethyl adjacent to an activating group) is 1. The quantitative estimate of drug-likeness (QED) is 0.418. The van der Waals surface area contributed by atoms with Gasteiger partial charge in [0, 0.05) is 24.5 Å². The van der Waals surface area contributed by atoms with Gasteiger partial charge in [0.15, 0.2) is 0 Å². The van der Waals surface area contributed by atoms with Gasteiger partial charge in [0.1, 0.15) is 10.8 Å². The van der Waals surface area contributed by atoms with Gasteiger partial charge in [0.2, 0.25) is 5.91 Å². The first kappa shape index (κ1) is 20.1. The van der Waals surface area contributed by atoms with Crippen LogP contribution in [-0.2, 0) is 17.8 Å². The molecule has 0 spiro atoms. The fourth-order valence-electron chi connectivity index (χ4n) is 3.45. The fraction of sp³-hybridized carbons (Fsp3) is 0.200. The largest absolute Gasteiger partial charge is 0.497 e. The second-order valence-corrected chi connectivity index (χ2v) is 8.35. The van der Waals surface area contributed by atoms with E-state index in [9.17, 15) is 4.79 Å². The van der Waals surface area contributed by atoms with Crippen LogP contribution in [0.25, 0.3) is 21.3 Å². The van der Waals surface area contributed by atoms with Crippen LogP contribution in [-0.4, -0.2) is 29.9 Å². The highest BCUT2D eigenvalue weighted by Crippen LogP contribution is 2.25. The molecule has 0 aliphatic rings. The maximum absolute atomic E-state index is 12.7. The van der Waals surface area contributed by atoms with E-state index in [1.54, 1.807) is 23.3 Å². The van der Waals surface area contributed by atoms with E-state index in [1.807, 2.05) is 36.7 Å². The number of carbonyl (C=O) groups excluding carboxylic acids is 1. The highest BCUT2D eigenvalue weighted by molar-refractivity contribution is 7.13. The van der Waals surface area contributed by atoms with Crippen molar-refractivity contribution in [3.63, 3.8) is 0 Å². The maximum atomic E-state index is 12.7. The van der Waals surface area contributed by atoms with E-state index in [0.29, 0.717) is 13.0 Å². The van der Waals surface area contributed by atoms with Crippen molar-refractivity contribution in [1.82, 2.24) is 9.88 Å². The van der Waals surface area contributed by atoms with Crippen LogP contribution in [0, 0.1) is 6.92 Å². The van der Waals surface area contributed by atoms with Gasteiger partial charge in [0.25, 0.3) is 0 Å². The van der Waals surface area contributed by atoms with E-state index in [-0.39, 0.29) is 5.91 Å². The number of fused-ring (bicyclic) bond motifs is 1. The summed E-state index contributed by atoms with van der Waals surface area (Å²) in [4.78, 5) is 19.2. The van der Waals surface area contributed by atoms with Crippen molar-refractivity contribution in [1.29, 1.82) is 0 Å². The molecule has 0 fully saturated rings. The minimum Gasteiger partial charge on any atom is -0.497 e. The van der Waals surface area contributed by atoms with Crippen molar-refractivity contribution in [2.45, 2.75) is 19.9 Å². The number of hydrogen-bond acceptors (Lipinski definition) is 4. The Bertz CT molecular complexity index is 1200. The monoisotopic (exact) mass is 416 g/mol. The number of rotatable bonds is 6. The molecular formula is C25H24N2O2S. The molecule has 0 aliphatic carbocycles. The Morgan fingerprint density at radius 2 is 1.87 bits per heavy atom. The van der Waals surface area contributed by atoms with E-state index < -0.39 is 0 Å². The smallest absolute Gasteiger partial charge is 0.228 e. The van der Waals surface area contributed by atoms with E-state index in [0.717, 1.165) is 38.4 Å². The lowest BCUT2D eigenvalue weighted by molar-refractivity contribution is -0.129. The zero-order chi connectivity index (χ0) is 21.1. The van der Waals surface area contributed by atoms with E-state index >= 15 is 0 Å². The van der Waals surface area contributed by atoms with Gasteiger partial charge in [0.05, 0.1) is 19.2 Å². The van der Waals surface area contributed by atoms with E-state index in [4.69, 9.17) is 4.74 Å². The van der Waals surface area contributed by atoms with Crippen LogP contribution >= 0.6 is 11.3 Å². The number of ether oxygens (including phenoxy) is 1. The van der Waals surface area contributed by atoms with Crippen molar-refractivity contribution in [2.24, 2.45) is 0 Å². The predicted octanol–water partition coefficient (Wildman–Crippen LogP) is 5.48. The molecule has 0 saturated heterocycles. The molecule has 4 rings (SSSR count). The predicted molar refractivity (Wildman–Crippen MR) is 123 cm³/mol. The number of aryl methyl sites for hydroxylation is 1. The van der Waals surface area contributed by atoms with Gasteiger partial charge in [-0.15, -0.1) is 11.3 Å². The van der Waals surface area contributed by atoms with Gasteiger partial charge in [-0.2, -0.15) is 0 Å². The third kappa shape index (κ3) is 4.52. The lowest BCUT2D eigenvalue weighted by atomic mass is 10.1. The number of nitrogens with zero attached hydrogens (tertiary/aromatic N) is 2. The molecule has 0 unspecified atom stereocenters. The van der Waals surface area contributed by atoms with Crippen LogP contribution in [0.2, 0.25) is 0 Å². The first-order valence-electron chi connectivity index (χ1n) is 9.84. The minimum absolute atomic E-state index is 0.0610. The molecule has 0 N–H and O–H groups in total. The molecule has 0 aliphatic heterocycles. The van der Waals surface area contributed by atoms with Gasteiger partial charge < -0.3 is 9.64 Å². The average molecular weight is 417 g/mol. The van der Waals surface area contributed by atoms with Crippen molar-refractivity contribution >= 4 is 28.0 Å². The van der Waals surface area contributed by atoms with Gasteiger partial charge in [-0.1, -0.05) is 42.0 Å². The summed E-state index contributed by atoms with van der Waals surface area (Å²) in [6, 6.07) is 20.5. The van der Waals surface area contributed by atoms with Gasteiger partial charge in [-0.25, -0.2) is 4.98 Å². The molecule has 0 saturated carbocycles. The Hall–Kier alpha value is -3.18. The molecule has 1 amide bonds. The lowest BCUT2D eigenvalue weighted by Crippen LogP contribution is -2.27. The number of carbonyl (C=O) groups is 1. The van der Waals surface area contributed by atoms with Crippen molar-refractivity contribution in [2.75, 3.05) is 14.2 Å². The summed E-state index contributed by atoms with van der Waals surface area (Å²) >= 11 is 1.58. The van der Waals surface area contributed by atoms with Crippen LogP contribution in [0.4, 0.5) is 0 Å². The summed E-state index contributed by atoms with van der Waals surface area (Å²) in [5.74, 6) is 0.904. The number of benzene rings is 3. The van der Waals surface area contributed by atoms with Crippen LogP contribution in [0.15, 0.2) is 66.0 Å². The molecule has 1 heterocycles. The summed E-state index contributed by atoms with van der Waals surface area (Å²) in [5.41, 5.74) is 4.22. The SMILES string of the molecule is COc1ccc2cc(CN(C)C(=O)Cc3csc(-c4cccc(C)c4)n3)ccc2c1. The number of thiazole rings is 1. The van der Waals surface area contributed by atoms with Gasteiger partial charge in [-0.3, -0.25) is 4.79 Å². The van der Waals surface area contributed by atoms with E-state index in [2.05, 4.69) is 48.3 Å². The first-order chi connectivity index (χ1) is 14.5. The van der Waals surface area contributed by atoms with Crippen molar-refractivity contribution < 1.29 is 9.53 Å². The molecule has 30 heavy (non-hydrogen) atoms. The standard InChI is InChI=1S/C25H24N2O2S/c1-17-5-4-6-21(11-17)25-26-22(16-30-25)14-24(28)27(2)15-18-7-8-20-13-23(29-3)10-9-19(20)12-18/h4-13,16H,14-15H2,1-3H3. The van der Waals surface area contributed by atoms with Crippen LogP contribution in [0.3, 0.4) is 0 Å². The Labute approximate surface area is 180 Å². The third-order valence-electron chi connectivity index (χ3n) is 5.11. The molecule has 1 aromatic heterocycles. The molecule has 0 radical (unpaired) electrons. The molecule has 3 aromatic carbocycles. The minimum atomic E-state index is 0.0610. The highest BCUT2D eigenvalue weighted by atomic mass is 32.1. The Morgan fingerprint density at radius 1 is 1.07 bits per heavy atom. The Morgan fingerprint density at radius 3 is 2.67 bits per heavy atom. The van der Waals surface area contributed by atoms with Gasteiger partial charge in [-0.05, 0) is 47.5 Å². The molecule has 0 bridgehead atoms. The van der Waals surface area contributed by atoms with Crippen LogP contribution < -0.4 is 4.74 Å². The molecule has 152 valence electrons. The van der Waals surface area contributed by atoms with Crippen molar-refractivity contribution in [3.8, 4) is 16.3 Å². The summed E-state index contributed by atoms with van der Waals surface area (Å²) < 4.78 is 5.28. The highest BCUT2D eigenvalue weighted by Gasteiger charge is 2.14. The van der Waals surface area contributed by atoms with Crippen LogP contribution in [0.1, 0.15) is 16.8 Å². The summed E-state index contributed by atoms with van der Waals surface area (Å²) in [5, 5.41) is 5.19. The number of aromatic nitrogens is 1. The summed E-state index contributed by atoms with van der Waals surface area (Å²) in [6.45, 7) is 2.63. The first-order valence-corrected chi connectivity index (χ1v) is 10.7. The van der Waals surface area contributed by atoms with Crippen LogP contribution in [0.5, 0.6) is 5.75 Å². The average Bonchev–Trinajstić information content (AvgIpc) is 3.21. The Balaban J connectivity index is 1.42. The maximum Gasteiger partial charge on any atom is 0.228 e. The molecule has 0 atom stereocenters. The molecule has 4 nitrogen and oxygen atoms in total. The number of amides is 1. The molecular weight excluding hydrogens is 392 g/mol. The Kier molecular flexibility index (Phi) is 5.81. The zero-order valence-electron chi connectivity index (χ0n) is 17.4. The third-order valence-corrected chi connectivity index (χ3v) is 6.05. The number of methoxy groups -OCH3 is 1. The van der Waals surface area contributed by atoms with Gasteiger partial charge >= 0.3 is 0 Å². The van der Waals surface area contributed by atoms with Crippen molar-refractivity contribution in [3.05, 3.63) is 82.9 Å². The zero-order valence-corrected chi connectivity index (χ0v) is 18.2. The van der Waals surface area contributed by atoms with E-state index in [1.165, 1.54) is 5.56 Å². The normalized spacial score (nSPS) is 10.9. The summed E-state index contributed by atoms with van der Waals surface area (Å²) in [7, 11) is 3.51. The summed E-state index contributed by atoms with van der Waals surface area (Å²) in [6.07, 6.45) is 0.309. The fourth-order valence-corrected chi connectivity index (χ4v) is 4.27. The second kappa shape index (κ2) is 8.67. The lowest BCUT2D eigenvalue weighted by Gasteiger charge is -2.17. The molecule has 4 aromatic rings. The second-order valence-electron chi connectivity index (χ2n) is 7.49. The number of hydrogen-bond donors (Lipinski definition) is 0. The topological polar surface area (TPSA) is 42.4 Å².